The van der Waals surface area contributed by atoms with Gasteiger partial charge in [-0.2, -0.15) is 0 Å². The second-order valence-electron chi connectivity index (χ2n) is 5.14. The topological polar surface area (TPSA) is 84.9 Å². The number of hydrogen-bond donors (Lipinski definition) is 3. The molecule has 4 N–H and O–H groups in total. The van der Waals surface area contributed by atoms with Crippen LogP contribution in [0.5, 0.6) is 11.5 Å². The van der Waals surface area contributed by atoms with Crippen molar-refractivity contribution in [1.29, 1.82) is 0 Å². The second-order valence-corrected chi connectivity index (χ2v) is 5.14. The van der Waals surface area contributed by atoms with E-state index in [1.807, 2.05) is 13.8 Å². The van der Waals surface area contributed by atoms with Crippen molar-refractivity contribution in [1.82, 2.24) is 0 Å². The largest absolute Gasteiger partial charge is 0.490 e. The summed E-state index contributed by atoms with van der Waals surface area (Å²) in [4.78, 5) is 0. The minimum absolute atomic E-state index is 0.0518. The zero-order chi connectivity index (χ0) is 16.5. The van der Waals surface area contributed by atoms with Gasteiger partial charge in [-0.05, 0) is 25.3 Å². The summed E-state index contributed by atoms with van der Waals surface area (Å²) >= 11 is 0. The average Bonchev–Trinajstić information content (AvgIpc) is 2.51. The van der Waals surface area contributed by atoms with Crippen LogP contribution in [-0.2, 0) is 0 Å². The molecule has 0 radical (unpaired) electrons. The van der Waals surface area contributed by atoms with Gasteiger partial charge in [0.1, 0.15) is 5.82 Å². The smallest absolute Gasteiger partial charge is 0.164 e. The molecule has 0 aliphatic rings. The molecule has 0 aliphatic carbocycles. The molecular formula is C16H26FNO4. The van der Waals surface area contributed by atoms with Crippen LogP contribution >= 0.6 is 0 Å². The Morgan fingerprint density at radius 3 is 2.18 bits per heavy atom. The zero-order valence-electron chi connectivity index (χ0n) is 13.2. The zero-order valence-corrected chi connectivity index (χ0v) is 13.2. The van der Waals surface area contributed by atoms with Crippen LogP contribution in [0.2, 0.25) is 0 Å². The average molecular weight is 315 g/mol. The van der Waals surface area contributed by atoms with Gasteiger partial charge in [-0.25, -0.2) is 4.39 Å². The molecule has 0 heterocycles. The minimum atomic E-state index is -1.21. The van der Waals surface area contributed by atoms with E-state index in [9.17, 15) is 9.50 Å². The van der Waals surface area contributed by atoms with Gasteiger partial charge in [-0.15, -0.1) is 0 Å². The summed E-state index contributed by atoms with van der Waals surface area (Å²) in [6, 6.07) is 1.89. The summed E-state index contributed by atoms with van der Waals surface area (Å²) in [6.07, 6.45) is 0.559. The van der Waals surface area contributed by atoms with E-state index in [2.05, 4.69) is 0 Å². The van der Waals surface area contributed by atoms with Crippen molar-refractivity contribution in [2.24, 2.45) is 5.73 Å². The van der Waals surface area contributed by atoms with E-state index in [0.717, 1.165) is 12.8 Å². The lowest BCUT2D eigenvalue weighted by molar-refractivity contribution is 0.125. The third-order valence-electron chi connectivity index (χ3n) is 3.17. The van der Waals surface area contributed by atoms with Crippen LogP contribution in [0.1, 0.15) is 44.8 Å². The van der Waals surface area contributed by atoms with Gasteiger partial charge in [-0.3, -0.25) is 0 Å². The number of halogens is 1. The van der Waals surface area contributed by atoms with Crippen molar-refractivity contribution in [3.05, 3.63) is 23.5 Å². The van der Waals surface area contributed by atoms with Crippen molar-refractivity contribution in [2.75, 3.05) is 19.8 Å². The van der Waals surface area contributed by atoms with E-state index in [1.54, 1.807) is 0 Å². The molecule has 0 bridgehead atoms. The van der Waals surface area contributed by atoms with E-state index in [-0.39, 0.29) is 18.6 Å². The highest BCUT2D eigenvalue weighted by Crippen LogP contribution is 2.34. The van der Waals surface area contributed by atoms with Gasteiger partial charge >= 0.3 is 0 Å². The Hall–Kier alpha value is -1.37. The molecule has 0 saturated carbocycles. The van der Waals surface area contributed by atoms with Crippen molar-refractivity contribution in [2.45, 2.75) is 45.3 Å². The lowest BCUT2D eigenvalue weighted by Gasteiger charge is -2.21. The molecular weight excluding hydrogens is 289 g/mol. The number of rotatable bonds is 10. The molecule has 0 fully saturated rings. The Kier molecular flexibility index (Phi) is 8.16. The highest BCUT2D eigenvalue weighted by molar-refractivity contribution is 5.44. The first-order valence-electron chi connectivity index (χ1n) is 7.68. The Bertz CT molecular complexity index is 456. The third kappa shape index (κ3) is 5.12. The third-order valence-corrected chi connectivity index (χ3v) is 3.17. The highest BCUT2D eigenvalue weighted by atomic mass is 19.1. The maximum atomic E-state index is 14.2. The first-order valence-corrected chi connectivity index (χ1v) is 7.68. The molecule has 1 aromatic rings. The van der Waals surface area contributed by atoms with Crippen molar-refractivity contribution in [3.8, 4) is 11.5 Å². The van der Waals surface area contributed by atoms with E-state index in [1.165, 1.54) is 12.1 Å². The molecule has 5 nitrogen and oxygen atoms in total. The molecule has 0 amide bonds. The molecule has 0 saturated heterocycles. The molecule has 2 atom stereocenters. The Morgan fingerprint density at radius 2 is 1.68 bits per heavy atom. The lowest BCUT2D eigenvalue weighted by atomic mass is 9.99. The van der Waals surface area contributed by atoms with Gasteiger partial charge < -0.3 is 25.4 Å². The minimum Gasteiger partial charge on any atom is -0.490 e. The van der Waals surface area contributed by atoms with Crippen LogP contribution in [0, 0.1) is 5.82 Å². The van der Waals surface area contributed by atoms with Gasteiger partial charge in [0.15, 0.2) is 11.5 Å². The quantitative estimate of drug-likeness (QED) is 0.616. The van der Waals surface area contributed by atoms with Crippen molar-refractivity contribution >= 4 is 0 Å². The van der Waals surface area contributed by atoms with Crippen molar-refractivity contribution < 1.29 is 24.1 Å². The van der Waals surface area contributed by atoms with Crippen LogP contribution in [0.4, 0.5) is 4.39 Å². The van der Waals surface area contributed by atoms with Crippen LogP contribution in [0.25, 0.3) is 0 Å². The highest BCUT2D eigenvalue weighted by Gasteiger charge is 2.23. The number of hydrogen-bond acceptors (Lipinski definition) is 5. The van der Waals surface area contributed by atoms with Crippen LogP contribution in [0.15, 0.2) is 12.1 Å². The molecule has 2 unspecified atom stereocenters. The van der Waals surface area contributed by atoms with Gasteiger partial charge in [0.2, 0.25) is 0 Å². The predicted molar refractivity (Wildman–Crippen MR) is 82.6 cm³/mol. The van der Waals surface area contributed by atoms with Gasteiger partial charge in [-0.1, -0.05) is 13.8 Å². The van der Waals surface area contributed by atoms with E-state index < -0.39 is 18.0 Å². The van der Waals surface area contributed by atoms with Crippen LogP contribution in [-0.4, -0.2) is 36.1 Å². The van der Waals surface area contributed by atoms with Crippen LogP contribution in [0.3, 0.4) is 0 Å². The molecule has 6 heteroatoms. The maximum absolute atomic E-state index is 14.2. The maximum Gasteiger partial charge on any atom is 0.164 e. The molecule has 126 valence electrons. The summed E-state index contributed by atoms with van der Waals surface area (Å²) in [5.41, 5.74) is 5.80. The fourth-order valence-corrected chi connectivity index (χ4v) is 1.96. The molecule has 22 heavy (non-hydrogen) atoms. The van der Waals surface area contributed by atoms with Crippen molar-refractivity contribution in [3.63, 3.8) is 0 Å². The number of ether oxygens (including phenoxy) is 2. The summed E-state index contributed by atoms with van der Waals surface area (Å²) in [6.45, 7) is 4.66. The molecule has 0 aliphatic heterocycles. The molecule has 0 spiro atoms. The second kappa shape index (κ2) is 9.61. The fraction of sp³-hybridized carbons (Fsp3) is 0.625. The SMILES string of the molecule is CCCOc1cc(F)c(C(O)C(N)CCO)cc1OCCC. The molecule has 0 aromatic heterocycles. The summed E-state index contributed by atoms with van der Waals surface area (Å²) < 4.78 is 25.3. The normalized spacial score (nSPS) is 13.7. The predicted octanol–water partition coefficient (Wildman–Crippen LogP) is 2.15. The van der Waals surface area contributed by atoms with Gasteiger partial charge in [0.25, 0.3) is 0 Å². The monoisotopic (exact) mass is 315 g/mol. The Morgan fingerprint density at radius 1 is 1.14 bits per heavy atom. The van der Waals surface area contributed by atoms with E-state index in [0.29, 0.717) is 24.7 Å². The lowest BCUT2D eigenvalue weighted by Crippen LogP contribution is -2.30. The fourth-order valence-electron chi connectivity index (χ4n) is 1.96. The van der Waals surface area contributed by atoms with Crippen LogP contribution < -0.4 is 15.2 Å². The first kappa shape index (κ1) is 18.7. The number of aliphatic hydroxyl groups excluding tert-OH is 2. The Balaban J connectivity index is 3.07. The standard InChI is InChI=1S/C16H26FNO4/c1-3-7-21-14-9-11(16(20)13(18)5-6-19)12(17)10-15(14)22-8-4-2/h9-10,13,16,19-20H,3-8,18H2,1-2H3. The number of benzene rings is 1. The van der Waals surface area contributed by atoms with E-state index >= 15 is 0 Å². The van der Waals surface area contributed by atoms with E-state index in [4.69, 9.17) is 20.3 Å². The summed E-state index contributed by atoms with van der Waals surface area (Å²) in [5.74, 6) is 0.109. The van der Waals surface area contributed by atoms with Gasteiger partial charge in [0, 0.05) is 24.3 Å². The summed E-state index contributed by atoms with van der Waals surface area (Å²) in [7, 11) is 0. The van der Waals surface area contributed by atoms with Gasteiger partial charge in [0.05, 0.1) is 19.3 Å². The number of aliphatic hydroxyl groups is 2. The number of nitrogens with two attached hydrogens (primary N) is 1. The molecule has 1 rings (SSSR count). The Labute approximate surface area is 130 Å². The molecule has 1 aromatic carbocycles. The summed E-state index contributed by atoms with van der Waals surface area (Å²) in [5, 5.41) is 19.0. The first-order chi connectivity index (χ1) is 10.5.